The van der Waals surface area contributed by atoms with Crippen molar-refractivity contribution in [2.45, 2.75) is 45.1 Å². The summed E-state index contributed by atoms with van der Waals surface area (Å²) in [4.78, 5) is 11.7. The van der Waals surface area contributed by atoms with E-state index in [9.17, 15) is 9.00 Å². The number of carbonyl (C=O) groups is 1. The van der Waals surface area contributed by atoms with Crippen LogP contribution in [-0.4, -0.2) is 41.3 Å². The van der Waals surface area contributed by atoms with Crippen LogP contribution in [0.25, 0.3) is 0 Å². The van der Waals surface area contributed by atoms with Crippen LogP contribution >= 0.6 is 0 Å². The van der Waals surface area contributed by atoms with Crippen LogP contribution < -0.4 is 10.6 Å². The number of piperidine rings is 1. The van der Waals surface area contributed by atoms with Gasteiger partial charge in [-0.2, -0.15) is 0 Å². The zero-order chi connectivity index (χ0) is 13.4. The lowest BCUT2D eigenvalue weighted by molar-refractivity contribution is -0.122. The van der Waals surface area contributed by atoms with E-state index in [0.717, 1.165) is 25.9 Å². The van der Waals surface area contributed by atoms with E-state index in [1.165, 1.54) is 12.8 Å². The topological polar surface area (TPSA) is 58.2 Å². The number of hydrogen-bond acceptors (Lipinski definition) is 3. The molecule has 3 unspecified atom stereocenters. The van der Waals surface area contributed by atoms with Gasteiger partial charge in [0.25, 0.3) is 0 Å². The monoisotopic (exact) mass is 274 g/mol. The molecule has 1 heterocycles. The number of rotatable bonds is 7. The summed E-state index contributed by atoms with van der Waals surface area (Å²) in [6.45, 7) is 4.15. The molecule has 18 heavy (non-hydrogen) atoms. The second-order valence-corrected chi connectivity index (χ2v) is 6.84. The van der Waals surface area contributed by atoms with Crippen LogP contribution in [-0.2, 0) is 15.6 Å². The fraction of sp³-hybridized carbons (Fsp3) is 0.923. The second kappa shape index (κ2) is 8.64. The highest BCUT2D eigenvalue weighted by molar-refractivity contribution is 7.84. The van der Waals surface area contributed by atoms with Crippen molar-refractivity contribution in [3.05, 3.63) is 0 Å². The van der Waals surface area contributed by atoms with Crippen molar-refractivity contribution in [2.24, 2.45) is 5.92 Å². The molecule has 2 N–H and O–H groups in total. The highest BCUT2D eigenvalue weighted by Gasteiger charge is 2.15. The highest BCUT2D eigenvalue weighted by Crippen LogP contribution is 2.15. The Hall–Kier alpha value is -0.420. The van der Waals surface area contributed by atoms with Crippen molar-refractivity contribution in [3.8, 4) is 0 Å². The van der Waals surface area contributed by atoms with Crippen LogP contribution in [0.5, 0.6) is 0 Å². The maximum Gasteiger partial charge on any atom is 0.220 e. The second-order valence-electron chi connectivity index (χ2n) is 5.29. The summed E-state index contributed by atoms with van der Waals surface area (Å²) < 4.78 is 11.0. The molecule has 1 amide bonds. The molecule has 1 aliphatic rings. The number of nitrogens with one attached hydrogen (secondary N) is 2. The number of amides is 1. The molecule has 0 bridgehead atoms. The fourth-order valence-corrected chi connectivity index (χ4v) is 2.95. The molecule has 3 atom stereocenters. The van der Waals surface area contributed by atoms with E-state index in [-0.39, 0.29) is 11.9 Å². The fourth-order valence-electron chi connectivity index (χ4n) is 2.27. The normalized spacial score (nSPS) is 23.3. The Morgan fingerprint density at radius 1 is 1.56 bits per heavy atom. The first-order valence-electron chi connectivity index (χ1n) is 6.88. The molecule has 0 aromatic rings. The molecule has 4 nitrogen and oxygen atoms in total. The lowest BCUT2D eigenvalue weighted by Gasteiger charge is -2.22. The minimum atomic E-state index is -0.768. The van der Waals surface area contributed by atoms with Crippen molar-refractivity contribution < 1.29 is 9.00 Å². The lowest BCUT2D eigenvalue weighted by atomic mass is 9.94. The van der Waals surface area contributed by atoms with Gasteiger partial charge >= 0.3 is 0 Å². The lowest BCUT2D eigenvalue weighted by Crippen LogP contribution is -2.35. The first-order valence-corrected chi connectivity index (χ1v) is 8.60. The molecule has 0 spiro atoms. The molecule has 106 valence electrons. The Morgan fingerprint density at radius 3 is 2.94 bits per heavy atom. The molecule has 1 saturated heterocycles. The predicted molar refractivity (Wildman–Crippen MR) is 76.0 cm³/mol. The molecule has 0 radical (unpaired) electrons. The molecule has 0 aromatic heterocycles. The quantitative estimate of drug-likeness (QED) is 0.729. The average Bonchev–Trinajstić information content (AvgIpc) is 2.35. The minimum absolute atomic E-state index is 0.130. The molecule has 1 aliphatic heterocycles. The number of hydrogen-bond donors (Lipinski definition) is 2. The van der Waals surface area contributed by atoms with Crippen molar-refractivity contribution in [1.29, 1.82) is 0 Å². The maximum atomic E-state index is 11.7. The summed E-state index contributed by atoms with van der Waals surface area (Å²) in [6, 6.07) is 0.130. The van der Waals surface area contributed by atoms with E-state index in [4.69, 9.17) is 0 Å². The van der Waals surface area contributed by atoms with E-state index in [2.05, 4.69) is 10.6 Å². The zero-order valence-corrected chi connectivity index (χ0v) is 12.4. The maximum absolute atomic E-state index is 11.7. The summed E-state index contributed by atoms with van der Waals surface area (Å²) in [5.41, 5.74) is 0. The van der Waals surface area contributed by atoms with Gasteiger partial charge in [0, 0.05) is 35.3 Å². The summed E-state index contributed by atoms with van der Waals surface area (Å²) in [5.74, 6) is 1.45. The van der Waals surface area contributed by atoms with Gasteiger partial charge < -0.3 is 10.6 Å². The average molecular weight is 274 g/mol. The molecule has 1 rings (SSSR count). The zero-order valence-electron chi connectivity index (χ0n) is 11.5. The summed E-state index contributed by atoms with van der Waals surface area (Å²) in [6.07, 6.45) is 6.55. The summed E-state index contributed by atoms with van der Waals surface area (Å²) >= 11 is 0. The molecule has 0 aliphatic carbocycles. The SMILES string of the molecule is CC(CCS(C)=O)NC(=O)CCC1CCCNC1. The molecule has 1 fully saturated rings. The Balaban J connectivity index is 2.10. The Morgan fingerprint density at radius 2 is 2.33 bits per heavy atom. The predicted octanol–water partition coefficient (Wildman–Crippen LogP) is 1.04. The van der Waals surface area contributed by atoms with Crippen LogP contribution in [0.1, 0.15) is 39.0 Å². The van der Waals surface area contributed by atoms with Gasteiger partial charge in [-0.05, 0) is 51.6 Å². The van der Waals surface area contributed by atoms with Crippen molar-refractivity contribution in [1.82, 2.24) is 10.6 Å². The van der Waals surface area contributed by atoms with Crippen LogP contribution in [0.2, 0.25) is 0 Å². The van der Waals surface area contributed by atoms with Gasteiger partial charge in [0.1, 0.15) is 0 Å². The highest BCUT2D eigenvalue weighted by atomic mass is 32.2. The molecule has 5 heteroatoms. The van der Waals surface area contributed by atoms with Crippen LogP contribution in [0.15, 0.2) is 0 Å². The third-order valence-electron chi connectivity index (χ3n) is 3.42. The van der Waals surface area contributed by atoms with Gasteiger partial charge in [-0.1, -0.05) is 0 Å². The summed E-state index contributed by atoms with van der Waals surface area (Å²) in [7, 11) is -0.768. The van der Waals surface area contributed by atoms with Gasteiger partial charge in [-0.3, -0.25) is 9.00 Å². The standard InChI is InChI=1S/C13H26N2O2S/c1-11(7-9-18(2)17)15-13(16)6-5-12-4-3-8-14-10-12/h11-12,14H,3-10H2,1-2H3,(H,15,16). The third-order valence-corrected chi connectivity index (χ3v) is 4.23. The van der Waals surface area contributed by atoms with Gasteiger partial charge in [0.2, 0.25) is 5.91 Å². The van der Waals surface area contributed by atoms with E-state index in [1.807, 2.05) is 6.92 Å². The Kier molecular flexibility index (Phi) is 7.51. The minimum Gasteiger partial charge on any atom is -0.354 e. The molecular formula is C13H26N2O2S. The Bertz CT molecular complexity index is 278. The summed E-state index contributed by atoms with van der Waals surface area (Å²) in [5, 5.41) is 6.35. The number of carbonyl (C=O) groups excluding carboxylic acids is 1. The Labute approximate surface area is 113 Å². The van der Waals surface area contributed by atoms with E-state index in [1.54, 1.807) is 6.26 Å². The van der Waals surface area contributed by atoms with E-state index < -0.39 is 10.8 Å². The van der Waals surface area contributed by atoms with Gasteiger partial charge in [0.15, 0.2) is 0 Å². The molecule has 0 saturated carbocycles. The van der Waals surface area contributed by atoms with Crippen molar-refractivity contribution in [3.63, 3.8) is 0 Å². The van der Waals surface area contributed by atoms with Crippen LogP contribution in [0, 0.1) is 5.92 Å². The smallest absolute Gasteiger partial charge is 0.220 e. The first kappa shape index (κ1) is 15.6. The van der Waals surface area contributed by atoms with Crippen LogP contribution in [0.4, 0.5) is 0 Å². The van der Waals surface area contributed by atoms with Crippen molar-refractivity contribution in [2.75, 3.05) is 25.1 Å². The molecule has 0 aromatic carbocycles. The van der Waals surface area contributed by atoms with Gasteiger partial charge in [-0.15, -0.1) is 0 Å². The van der Waals surface area contributed by atoms with Crippen LogP contribution in [0.3, 0.4) is 0 Å². The third kappa shape index (κ3) is 7.11. The largest absolute Gasteiger partial charge is 0.354 e. The van der Waals surface area contributed by atoms with Gasteiger partial charge in [0.05, 0.1) is 0 Å². The first-order chi connectivity index (χ1) is 8.58. The van der Waals surface area contributed by atoms with Crippen molar-refractivity contribution >= 4 is 16.7 Å². The van der Waals surface area contributed by atoms with E-state index >= 15 is 0 Å². The van der Waals surface area contributed by atoms with Gasteiger partial charge in [-0.25, -0.2) is 0 Å². The molecular weight excluding hydrogens is 248 g/mol. The van der Waals surface area contributed by atoms with E-state index in [0.29, 0.717) is 18.1 Å².